The number of nitrogens with one attached hydrogen (secondary N) is 2. The number of hydrogen-bond acceptors (Lipinski definition) is 5. The molecule has 7 heteroatoms. The van der Waals surface area contributed by atoms with E-state index in [-0.39, 0.29) is 5.91 Å². The molecule has 30 heavy (non-hydrogen) atoms. The number of amides is 1. The highest BCUT2D eigenvalue weighted by molar-refractivity contribution is 6.33. The van der Waals surface area contributed by atoms with Crippen molar-refractivity contribution in [3.63, 3.8) is 0 Å². The van der Waals surface area contributed by atoms with Crippen molar-refractivity contribution in [2.45, 2.75) is 52.4 Å². The van der Waals surface area contributed by atoms with Crippen LogP contribution in [0.4, 0.5) is 0 Å². The number of carbonyl (C=O) groups is 1. The van der Waals surface area contributed by atoms with Gasteiger partial charge in [0, 0.05) is 17.0 Å². The minimum absolute atomic E-state index is 0.195. The summed E-state index contributed by atoms with van der Waals surface area (Å²) in [6.07, 6.45) is 10.0. The van der Waals surface area contributed by atoms with Crippen molar-refractivity contribution < 1.29 is 4.79 Å². The summed E-state index contributed by atoms with van der Waals surface area (Å²) in [6, 6.07) is 1.81. The number of aryl methyl sites for hydroxylation is 1. The van der Waals surface area contributed by atoms with Crippen LogP contribution in [0.25, 0.3) is 6.08 Å². The van der Waals surface area contributed by atoms with Crippen molar-refractivity contribution in [2.24, 2.45) is 5.10 Å². The molecule has 2 aliphatic rings. The van der Waals surface area contributed by atoms with E-state index >= 15 is 0 Å². The van der Waals surface area contributed by atoms with E-state index in [0.29, 0.717) is 17.2 Å². The highest BCUT2D eigenvalue weighted by atomic mass is 16.2. The van der Waals surface area contributed by atoms with Gasteiger partial charge >= 0.3 is 0 Å². The number of hydrazone groups is 1. The molecule has 2 aliphatic heterocycles. The summed E-state index contributed by atoms with van der Waals surface area (Å²) >= 11 is 0. The smallest absolute Gasteiger partial charge is 0.273 e. The third-order valence-corrected chi connectivity index (χ3v) is 5.98. The van der Waals surface area contributed by atoms with E-state index in [1.165, 1.54) is 42.8 Å². The Kier molecular flexibility index (Phi) is 6.08. The minimum Gasteiger partial charge on any atom is -0.359 e. The fourth-order valence-electron chi connectivity index (χ4n) is 4.55. The molecule has 0 saturated carbocycles. The van der Waals surface area contributed by atoms with Gasteiger partial charge in [0.05, 0.1) is 18.0 Å². The van der Waals surface area contributed by atoms with Crippen LogP contribution >= 0.6 is 0 Å². The summed E-state index contributed by atoms with van der Waals surface area (Å²) in [5.41, 5.74) is 9.39. The summed E-state index contributed by atoms with van der Waals surface area (Å²) < 4.78 is 0. The monoisotopic (exact) mass is 406 g/mol. The molecule has 2 aromatic rings. The Bertz CT molecular complexity index is 967. The first-order chi connectivity index (χ1) is 14.5. The lowest BCUT2D eigenvalue weighted by atomic mass is 9.93. The zero-order valence-electron chi connectivity index (χ0n) is 18.0. The lowest BCUT2D eigenvalue weighted by Gasteiger charge is -2.15. The molecule has 0 aromatic carbocycles. The third kappa shape index (κ3) is 4.21. The van der Waals surface area contributed by atoms with Crippen molar-refractivity contribution in [3.8, 4) is 0 Å². The van der Waals surface area contributed by atoms with Gasteiger partial charge in [0.15, 0.2) is 0 Å². The predicted octanol–water partition coefficient (Wildman–Crippen LogP) is 3.18. The third-order valence-electron chi connectivity index (χ3n) is 5.98. The maximum Gasteiger partial charge on any atom is 0.273 e. The van der Waals surface area contributed by atoms with E-state index in [1.54, 1.807) is 12.4 Å². The number of H-pyrrole nitrogens is 1. The second kappa shape index (κ2) is 8.92. The van der Waals surface area contributed by atoms with Crippen molar-refractivity contribution in [1.29, 1.82) is 0 Å². The SMILES string of the molecule is Cc1[nH]c(C=C2C(=O)NN=C2c2ccnnc2)c(C(C)C)c1CCCN1CCCC1. The van der Waals surface area contributed by atoms with Gasteiger partial charge in [-0.05, 0) is 81.4 Å². The maximum absolute atomic E-state index is 12.5. The molecule has 2 aromatic heterocycles. The molecule has 0 atom stereocenters. The largest absolute Gasteiger partial charge is 0.359 e. The van der Waals surface area contributed by atoms with Crippen LogP contribution in [0, 0.1) is 6.92 Å². The number of hydrogen-bond donors (Lipinski definition) is 2. The van der Waals surface area contributed by atoms with E-state index in [2.05, 4.69) is 51.4 Å². The Morgan fingerprint density at radius 1 is 1.23 bits per heavy atom. The van der Waals surface area contributed by atoms with Crippen LogP contribution in [0.3, 0.4) is 0 Å². The van der Waals surface area contributed by atoms with Crippen LogP contribution in [-0.2, 0) is 11.2 Å². The van der Waals surface area contributed by atoms with Crippen molar-refractivity contribution in [3.05, 3.63) is 52.1 Å². The molecular weight excluding hydrogens is 376 g/mol. The maximum atomic E-state index is 12.5. The highest BCUT2D eigenvalue weighted by Gasteiger charge is 2.26. The van der Waals surface area contributed by atoms with Gasteiger partial charge in [0.25, 0.3) is 5.91 Å². The van der Waals surface area contributed by atoms with Crippen molar-refractivity contribution in [1.82, 2.24) is 25.5 Å². The van der Waals surface area contributed by atoms with E-state index < -0.39 is 0 Å². The lowest BCUT2D eigenvalue weighted by molar-refractivity contribution is -0.116. The molecule has 1 amide bonds. The summed E-state index contributed by atoms with van der Waals surface area (Å²) in [6.45, 7) is 10.2. The number of aromatic nitrogens is 3. The molecule has 0 spiro atoms. The van der Waals surface area contributed by atoms with E-state index in [9.17, 15) is 4.79 Å². The fourth-order valence-corrected chi connectivity index (χ4v) is 4.55. The number of likely N-dealkylation sites (tertiary alicyclic amines) is 1. The highest BCUT2D eigenvalue weighted by Crippen LogP contribution is 2.30. The average Bonchev–Trinajstić information content (AvgIpc) is 3.44. The molecule has 4 heterocycles. The Morgan fingerprint density at radius 3 is 2.73 bits per heavy atom. The van der Waals surface area contributed by atoms with Gasteiger partial charge in [-0.25, -0.2) is 5.43 Å². The van der Waals surface area contributed by atoms with Crippen LogP contribution in [0.5, 0.6) is 0 Å². The molecule has 2 N–H and O–H groups in total. The number of rotatable bonds is 7. The van der Waals surface area contributed by atoms with Crippen LogP contribution in [0.2, 0.25) is 0 Å². The summed E-state index contributed by atoms with van der Waals surface area (Å²) in [5.74, 6) is 0.162. The van der Waals surface area contributed by atoms with Crippen molar-refractivity contribution in [2.75, 3.05) is 19.6 Å². The van der Waals surface area contributed by atoms with Gasteiger partial charge in [-0.1, -0.05) is 13.8 Å². The van der Waals surface area contributed by atoms with E-state index in [1.807, 2.05) is 12.1 Å². The second-order valence-electron chi connectivity index (χ2n) is 8.45. The zero-order valence-corrected chi connectivity index (χ0v) is 18.0. The standard InChI is InChI=1S/C23H30N6O/c1-15(2)21-18(7-6-12-29-10-4-5-11-29)16(3)26-20(21)13-19-22(27-28-23(19)30)17-8-9-24-25-14-17/h8-9,13-15,26H,4-7,10-12H2,1-3H3,(H,28,30). The molecule has 0 aliphatic carbocycles. The molecule has 4 rings (SSSR count). The van der Waals surface area contributed by atoms with Gasteiger partial charge in [-0.3, -0.25) is 4.79 Å². The summed E-state index contributed by atoms with van der Waals surface area (Å²) in [7, 11) is 0. The van der Waals surface area contributed by atoms with Crippen molar-refractivity contribution >= 4 is 17.7 Å². The first-order valence-electron chi connectivity index (χ1n) is 10.9. The Morgan fingerprint density at radius 2 is 2.03 bits per heavy atom. The zero-order chi connectivity index (χ0) is 21.1. The van der Waals surface area contributed by atoms with Gasteiger partial charge < -0.3 is 9.88 Å². The Labute approximate surface area is 177 Å². The van der Waals surface area contributed by atoms with Crippen LogP contribution < -0.4 is 5.43 Å². The molecule has 0 bridgehead atoms. The van der Waals surface area contributed by atoms with Crippen LogP contribution in [0.1, 0.15) is 67.1 Å². The quantitative estimate of drug-likeness (QED) is 0.692. The van der Waals surface area contributed by atoms with Crippen LogP contribution in [-0.4, -0.2) is 51.3 Å². The number of aromatic amines is 1. The van der Waals surface area contributed by atoms with E-state index in [0.717, 1.165) is 30.6 Å². The normalized spacial score (nSPS) is 18.5. The molecular formula is C23H30N6O. The fraction of sp³-hybridized carbons (Fsp3) is 0.478. The summed E-state index contributed by atoms with van der Waals surface area (Å²) in [5, 5.41) is 12.0. The van der Waals surface area contributed by atoms with Gasteiger partial charge in [0.1, 0.15) is 5.71 Å². The molecule has 0 radical (unpaired) electrons. The Balaban J connectivity index is 1.61. The summed E-state index contributed by atoms with van der Waals surface area (Å²) in [4.78, 5) is 18.6. The average molecular weight is 407 g/mol. The molecule has 7 nitrogen and oxygen atoms in total. The van der Waals surface area contributed by atoms with Crippen LogP contribution in [0.15, 0.2) is 29.1 Å². The second-order valence-corrected chi connectivity index (χ2v) is 8.45. The predicted molar refractivity (Wildman–Crippen MR) is 118 cm³/mol. The lowest BCUT2D eigenvalue weighted by Crippen LogP contribution is -2.20. The topological polar surface area (TPSA) is 86.3 Å². The molecule has 0 unspecified atom stereocenters. The first kappa shape index (κ1) is 20.5. The number of carbonyl (C=O) groups excluding carboxylic acids is 1. The van der Waals surface area contributed by atoms with Gasteiger partial charge in [-0.15, -0.1) is 0 Å². The molecule has 1 fully saturated rings. The Hall–Kier alpha value is -2.80. The van der Waals surface area contributed by atoms with Gasteiger partial charge in [-0.2, -0.15) is 15.3 Å². The molecule has 158 valence electrons. The van der Waals surface area contributed by atoms with Gasteiger partial charge in [0.2, 0.25) is 0 Å². The first-order valence-corrected chi connectivity index (χ1v) is 10.9. The minimum atomic E-state index is -0.195. The number of nitrogens with zero attached hydrogens (tertiary/aromatic N) is 4. The molecule has 1 saturated heterocycles. The van der Waals surface area contributed by atoms with E-state index in [4.69, 9.17) is 0 Å².